The van der Waals surface area contributed by atoms with Gasteiger partial charge in [0.2, 0.25) is 22.6 Å². The van der Waals surface area contributed by atoms with Gasteiger partial charge in [-0.3, -0.25) is 5.32 Å². The van der Waals surface area contributed by atoms with Crippen LogP contribution in [0.15, 0.2) is 9.93 Å². The fourth-order valence-corrected chi connectivity index (χ4v) is 3.07. The van der Waals surface area contributed by atoms with E-state index < -0.39 is 0 Å². The highest BCUT2D eigenvalue weighted by Gasteiger charge is 2.32. The molecule has 1 N–H and O–H groups in total. The first-order valence-corrected chi connectivity index (χ1v) is 8.60. The van der Waals surface area contributed by atoms with Crippen LogP contribution in [0.2, 0.25) is 0 Å². The van der Waals surface area contributed by atoms with Crippen molar-refractivity contribution < 1.29 is 9.21 Å². The second-order valence-electron chi connectivity index (χ2n) is 5.74. The fourth-order valence-electron chi connectivity index (χ4n) is 2.63. The van der Waals surface area contributed by atoms with Crippen molar-refractivity contribution in [1.82, 2.24) is 20.1 Å². The number of urea groups is 1. The molecule has 2 fully saturated rings. The summed E-state index contributed by atoms with van der Waals surface area (Å²) in [6.45, 7) is 2.26. The minimum Gasteiger partial charge on any atom is -0.423 e. The normalized spacial score (nSPS) is 17.6. The summed E-state index contributed by atoms with van der Waals surface area (Å²) < 4.78 is 5.81. The summed E-state index contributed by atoms with van der Waals surface area (Å²) in [5.41, 5.74) is 1.90. The van der Waals surface area contributed by atoms with Crippen LogP contribution in [0.4, 0.5) is 15.8 Å². The van der Waals surface area contributed by atoms with E-state index in [1.807, 2.05) is 4.90 Å². The summed E-state index contributed by atoms with van der Waals surface area (Å²) in [4.78, 5) is 20.2. The maximum atomic E-state index is 12.2. The van der Waals surface area contributed by atoms with Gasteiger partial charge in [0.25, 0.3) is 0 Å². The largest absolute Gasteiger partial charge is 0.423 e. The highest BCUT2D eigenvalue weighted by molar-refractivity contribution is 7.13. The van der Waals surface area contributed by atoms with Crippen LogP contribution >= 0.6 is 11.3 Å². The number of nitriles is 1. The molecule has 1 saturated carbocycles. The lowest BCUT2D eigenvalue weighted by Crippen LogP contribution is -2.50. The van der Waals surface area contributed by atoms with Gasteiger partial charge >= 0.3 is 6.03 Å². The average Bonchev–Trinajstić information content (AvgIpc) is 3.17. The Kier molecular flexibility index (Phi) is 3.78. The Morgan fingerprint density at radius 1 is 1.38 bits per heavy atom. The van der Waals surface area contributed by atoms with Gasteiger partial charge in [-0.2, -0.15) is 5.26 Å². The van der Waals surface area contributed by atoms with Crippen molar-refractivity contribution in [2.24, 2.45) is 0 Å². The molecule has 0 bridgehead atoms. The van der Waals surface area contributed by atoms with E-state index in [0.29, 0.717) is 54.7 Å². The highest BCUT2D eigenvalue weighted by Crippen LogP contribution is 2.41. The monoisotopic (exact) mass is 345 g/mol. The van der Waals surface area contributed by atoms with Gasteiger partial charge in [-0.1, -0.05) is 11.3 Å². The maximum absolute atomic E-state index is 12.2. The van der Waals surface area contributed by atoms with Gasteiger partial charge in [0.15, 0.2) is 0 Å². The summed E-state index contributed by atoms with van der Waals surface area (Å²) in [5, 5.41) is 20.0. The molecule has 2 aromatic rings. The smallest absolute Gasteiger partial charge is 0.323 e. The number of carbonyl (C=O) groups is 1. The van der Waals surface area contributed by atoms with Crippen LogP contribution in [0.1, 0.15) is 30.3 Å². The fraction of sp³-hybridized carbons (Fsp3) is 0.500. The van der Waals surface area contributed by atoms with Crippen LogP contribution in [0.5, 0.6) is 0 Å². The average molecular weight is 345 g/mol. The number of aromatic nitrogens is 3. The van der Waals surface area contributed by atoms with Crippen molar-refractivity contribution in [2.75, 3.05) is 36.4 Å². The van der Waals surface area contributed by atoms with E-state index in [2.05, 4.69) is 26.6 Å². The number of carbonyl (C=O) groups excluding carboxylic acids is 1. The van der Waals surface area contributed by atoms with Crippen LogP contribution < -0.4 is 10.2 Å². The van der Waals surface area contributed by atoms with Gasteiger partial charge in [0.1, 0.15) is 11.6 Å². The second-order valence-corrected chi connectivity index (χ2v) is 6.57. The van der Waals surface area contributed by atoms with Gasteiger partial charge in [-0.25, -0.2) is 9.78 Å². The third-order valence-corrected chi connectivity index (χ3v) is 4.69. The van der Waals surface area contributed by atoms with E-state index in [9.17, 15) is 10.1 Å². The summed E-state index contributed by atoms with van der Waals surface area (Å²) in [7, 11) is 0. The predicted molar refractivity (Wildman–Crippen MR) is 85.9 cm³/mol. The third-order valence-electron chi connectivity index (χ3n) is 4.09. The predicted octanol–water partition coefficient (Wildman–Crippen LogP) is 1.63. The molecule has 0 atom stereocenters. The summed E-state index contributed by atoms with van der Waals surface area (Å²) in [5.74, 6) is 1.56. The van der Waals surface area contributed by atoms with E-state index in [1.54, 1.807) is 10.4 Å². The molecule has 0 unspecified atom stereocenters. The molecular formula is C14H15N7O2S. The first-order valence-electron chi connectivity index (χ1n) is 7.72. The summed E-state index contributed by atoms with van der Waals surface area (Å²) >= 11 is 1.28. The lowest BCUT2D eigenvalue weighted by molar-refractivity contribution is 0.207. The molecule has 124 valence electrons. The minimum atomic E-state index is -0.192. The molecule has 9 nitrogen and oxygen atoms in total. The number of hydrogen-bond donors (Lipinski definition) is 1. The number of oxazole rings is 1. The number of piperazine rings is 1. The van der Waals surface area contributed by atoms with Crippen molar-refractivity contribution in [3.63, 3.8) is 0 Å². The van der Waals surface area contributed by atoms with Crippen LogP contribution in [0.3, 0.4) is 0 Å². The molecule has 0 radical (unpaired) electrons. The van der Waals surface area contributed by atoms with Gasteiger partial charge in [-0.05, 0) is 12.8 Å². The number of nitrogens with zero attached hydrogens (tertiary/aromatic N) is 6. The molecule has 1 aliphatic carbocycles. The zero-order chi connectivity index (χ0) is 16.5. The van der Waals surface area contributed by atoms with Crippen LogP contribution in [0, 0.1) is 11.3 Å². The van der Waals surface area contributed by atoms with Gasteiger partial charge < -0.3 is 14.2 Å². The molecule has 10 heteroatoms. The number of amides is 2. The summed E-state index contributed by atoms with van der Waals surface area (Å²) in [6, 6.07) is 1.91. The molecule has 24 heavy (non-hydrogen) atoms. The Labute approximate surface area is 141 Å². The molecule has 2 aliphatic rings. The van der Waals surface area contributed by atoms with Crippen LogP contribution in [-0.4, -0.2) is 52.3 Å². The topological polar surface area (TPSA) is 111 Å². The number of hydrogen-bond acceptors (Lipinski definition) is 8. The molecule has 0 spiro atoms. The molecule has 4 rings (SSSR count). The lowest BCUT2D eigenvalue weighted by atomic mass is 10.3. The van der Waals surface area contributed by atoms with E-state index in [0.717, 1.165) is 12.8 Å². The summed E-state index contributed by atoms with van der Waals surface area (Å²) in [6.07, 6.45) is 2.15. The van der Waals surface area contributed by atoms with Crippen LogP contribution in [0.25, 0.3) is 0 Å². The van der Waals surface area contributed by atoms with Gasteiger partial charge in [0, 0.05) is 32.1 Å². The Hall–Kier alpha value is -2.67. The maximum Gasteiger partial charge on any atom is 0.323 e. The second kappa shape index (κ2) is 6.09. The van der Waals surface area contributed by atoms with Crippen molar-refractivity contribution in [3.05, 3.63) is 17.1 Å². The number of nitrogens with one attached hydrogen (secondary N) is 1. The van der Waals surface area contributed by atoms with Gasteiger partial charge in [-0.15, -0.1) is 10.2 Å². The van der Waals surface area contributed by atoms with Crippen molar-refractivity contribution in [2.45, 2.75) is 18.8 Å². The Bertz CT molecular complexity index is 770. The zero-order valence-electron chi connectivity index (χ0n) is 12.8. The minimum absolute atomic E-state index is 0.192. The first-order chi connectivity index (χ1) is 11.7. The van der Waals surface area contributed by atoms with Crippen molar-refractivity contribution in [1.29, 1.82) is 5.26 Å². The van der Waals surface area contributed by atoms with Gasteiger partial charge in [0.05, 0.1) is 0 Å². The Morgan fingerprint density at radius 2 is 2.17 bits per heavy atom. The molecule has 1 saturated heterocycles. The first kappa shape index (κ1) is 14.9. The van der Waals surface area contributed by atoms with E-state index in [-0.39, 0.29) is 6.03 Å². The molecule has 3 heterocycles. The van der Waals surface area contributed by atoms with Crippen molar-refractivity contribution >= 4 is 28.4 Å². The lowest BCUT2D eigenvalue weighted by Gasteiger charge is -2.34. The molecule has 2 aromatic heterocycles. The third kappa shape index (κ3) is 2.90. The Morgan fingerprint density at radius 3 is 2.79 bits per heavy atom. The SMILES string of the molecule is N#Cc1nc(C2CC2)oc1N1CCN(C(=O)Nc2nncs2)CC1. The standard InChI is InChI=1S/C14H15N7O2S/c15-7-10-12(23-11(17-10)9-1-2-9)20-3-5-21(6-4-20)14(22)18-13-19-16-8-24-13/h8-9H,1-6H2,(H,18,19,22). The number of anilines is 2. The van der Waals surface area contributed by atoms with Crippen molar-refractivity contribution in [3.8, 4) is 6.07 Å². The molecule has 0 aromatic carbocycles. The van der Waals surface area contributed by atoms with Crippen LogP contribution in [-0.2, 0) is 0 Å². The molecule has 1 aliphatic heterocycles. The van der Waals surface area contributed by atoms with E-state index in [1.165, 1.54) is 11.3 Å². The van der Waals surface area contributed by atoms with E-state index in [4.69, 9.17) is 4.42 Å². The highest BCUT2D eigenvalue weighted by atomic mass is 32.1. The Balaban J connectivity index is 1.39. The zero-order valence-corrected chi connectivity index (χ0v) is 13.6. The molecular weight excluding hydrogens is 330 g/mol. The quantitative estimate of drug-likeness (QED) is 0.900. The van der Waals surface area contributed by atoms with E-state index >= 15 is 0 Å². The molecule has 2 amide bonds. The number of rotatable bonds is 3.